The van der Waals surface area contributed by atoms with E-state index < -0.39 is 115 Å². The molecule has 4 atom stereocenters. The van der Waals surface area contributed by atoms with Crippen LogP contribution in [-0.4, -0.2) is 124 Å². The molecule has 0 aliphatic heterocycles. The lowest BCUT2D eigenvalue weighted by Gasteiger charge is -2.18. The summed E-state index contributed by atoms with van der Waals surface area (Å²) in [6, 6.07) is -5.57. The molecule has 21 nitrogen and oxygen atoms in total. The van der Waals surface area contributed by atoms with Gasteiger partial charge in [0.1, 0.15) is 18.1 Å². The average molecular weight is 909 g/mol. The van der Waals surface area contributed by atoms with Crippen molar-refractivity contribution in [2.24, 2.45) is 5.73 Å². The van der Waals surface area contributed by atoms with Crippen molar-refractivity contribution in [3.63, 3.8) is 0 Å². The Morgan fingerprint density at radius 2 is 0.672 bits per heavy atom. The van der Waals surface area contributed by atoms with Crippen molar-refractivity contribution in [1.82, 2.24) is 26.6 Å². The van der Waals surface area contributed by atoms with Gasteiger partial charge in [0.2, 0.25) is 35.4 Å². The maximum Gasteiger partial charge on any atom is 0.326 e. The number of unbranched alkanes of at least 4 members (excludes halogenated alkanes) is 13. The van der Waals surface area contributed by atoms with E-state index in [1.165, 1.54) is 25.7 Å². The van der Waals surface area contributed by atoms with Gasteiger partial charge in [0.25, 0.3) is 0 Å². The molecule has 0 spiro atoms. The van der Waals surface area contributed by atoms with Gasteiger partial charge in [-0.1, -0.05) is 77.0 Å². The largest absolute Gasteiger partial charge is 0.481 e. The third-order valence-corrected chi connectivity index (χ3v) is 10.2. The normalized spacial score (nSPS) is 12.7. The van der Waals surface area contributed by atoms with E-state index in [9.17, 15) is 68.1 Å². The molecule has 0 saturated heterocycles. The summed E-state index contributed by atoms with van der Waals surface area (Å²) >= 11 is 0. The lowest BCUT2D eigenvalue weighted by atomic mass is 9.91. The second kappa shape index (κ2) is 35.8. The quantitative estimate of drug-likeness (QED) is 0.0308. The number of rotatable bonds is 41. The smallest absolute Gasteiger partial charge is 0.326 e. The highest BCUT2D eigenvalue weighted by Gasteiger charge is 2.26. The van der Waals surface area contributed by atoms with E-state index >= 15 is 0 Å². The Morgan fingerprint density at radius 1 is 0.375 bits per heavy atom. The number of amides is 6. The van der Waals surface area contributed by atoms with Gasteiger partial charge >= 0.3 is 23.9 Å². The molecule has 0 saturated carbocycles. The molecule has 0 heterocycles. The summed E-state index contributed by atoms with van der Waals surface area (Å²) in [7, 11) is 5.20. The first-order valence-corrected chi connectivity index (χ1v) is 22.2. The van der Waals surface area contributed by atoms with Gasteiger partial charge in [-0.15, -0.1) is 0 Å². The monoisotopic (exact) mass is 908 g/mol. The molecule has 360 valence electrons. The highest BCUT2D eigenvalue weighted by molar-refractivity contribution is 6.59. The van der Waals surface area contributed by atoms with Crippen LogP contribution in [0.3, 0.4) is 0 Å². The lowest BCUT2D eigenvalue weighted by molar-refractivity contribution is -0.143. The van der Waals surface area contributed by atoms with Crippen LogP contribution in [0.1, 0.15) is 167 Å². The number of primary amides is 1. The van der Waals surface area contributed by atoms with Gasteiger partial charge in [-0.25, -0.2) is 14.4 Å². The molecule has 0 aromatic heterocycles. The van der Waals surface area contributed by atoms with Crippen LogP contribution in [0.2, 0.25) is 0 Å². The van der Waals surface area contributed by atoms with Gasteiger partial charge in [0.05, 0.1) is 11.7 Å². The number of carbonyl (C=O) groups is 11. The number of aliphatic carboxylic acids is 4. The number of hydrogen-bond acceptors (Lipinski definition) is 11. The van der Waals surface area contributed by atoms with E-state index in [4.69, 9.17) is 18.7 Å². The van der Waals surface area contributed by atoms with Gasteiger partial charge in [-0.3, -0.25) is 33.6 Å². The van der Waals surface area contributed by atoms with Crippen molar-refractivity contribution in [3.05, 3.63) is 0 Å². The van der Waals surface area contributed by atoms with Crippen LogP contribution in [-0.2, 0) is 52.7 Å². The van der Waals surface area contributed by atoms with Crippen molar-refractivity contribution >= 4 is 72.8 Å². The fourth-order valence-corrected chi connectivity index (χ4v) is 6.48. The second-order valence-electron chi connectivity index (χ2n) is 15.8. The zero-order valence-electron chi connectivity index (χ0n) is 36.8. The van der Waals surface area contributed by atoms with Crippen LogP contribution in [0.15, 0.2) is 0 Å². The number of hydrogen-bond donors (Lipinski definition) is 10. The second-order valence-corrected chi connectivity index (χ2v) is 15.8. The molecular weight excluding hydrogens is 839 g/mol. The first-order chi connectivity index (χ1) is 30.3. The summed E-state index contributed by atoms with van der Waals surface area (Å²) in [5, 5.41) is 48.9. The van der Waals surface area contributed by atoms with E-state index in [0.29, 0.717) is 6.42 Å². The van der Waals surface area contributed by atoms with Crippen LogP contribution in [0, 0.1) is 0 Å². The third-order valence-electron chi connectivity index (χ3n) is 10.2. The van der Waals surface area contributed by atoms with Gasteiger partial charge in [0, 0.05) is 51.5 Å². The summed E-state index contributed by atoms with van der Waals surface area (Å²) in [4.78, 5) is 130. The van der Waals surface area contributed by atoms with Gasteiger partial charge in [-0.2, -0.15) is 0 Å². The van der Waals surface area contributed by atoms with Gasteiger partial charge < -0.3 is 57.5 Å². The number of nitrogens with one attached hydrogen (secondary N) is 5. The van der Waals surface area contributed by atoms with E-state index in [2.05, 4.69) is 26.6 Å². The summed E-state index contributed by atoms with van der Waals surface area (Å²) in [5.74, 6) is -9.02. The van der Waals surface area contributed by atoms with Crippen molar-refractivity contribution in [1.29, 1.82) is 0 Å². The van der Waals surface area contributed by atoms with E-state index in [-0.39, 0.29) is 57.9 Å². The number of carboxylic acids is 4. The van der Waals surface area contributed by atoms with Crippen molar-refractivity contribution in [2.75, 3.05) is 6.54 Å². The molecule has 0 aromatic rings. The summed E-state index contributed by atoms with van der Waals surface area (Å²) in [5.41, 5.74) is 4.09. The summed E-state index contributed by atoms with van der Waals surface area (Å²) in [6.45, 7) is 0.000471. The van der Waals surface area contributed by atoms with Crippen LogP contribution in [0.25, 0.3) is 0 Å². The van der Waals surface area contributed by atoms with Crippen LogP contribution < -0.4 is 32.3 Å². The Morgan fingerprint density at radius 3 is 1.02 bits per heavy atom. The third kappa shape index (κ3) is 33.1. The molecule has 0 aliphatic rings. The molecule has 0 aromatic carbocycles. The average Bonchev–Trinajstić information content (AvgIpc) is 3.21. The van der Waals surface area contributed by atoms with E-state index in [0.717, 1.165) is 57.8 Å². The Bertz CT molecular complexity index is 1530. The predicted molar refractivity (Wildman–Crippen MR) is 231 cm³/mol. The molecule has 2 radical (unpaired) electrons. The Kier molecular flexibility index (Phi) is 32.7. The van der Waals surface area contributed by atoms with Crippen LogP contribution in [0.5, 0.6) is 0 Å². The fourth-order valence-electron chi connectivity index (χ4n) is 6.48. The Labute approximate surface area is 375 Å². The lowest BCUT2D eigenvalue weighted by Crippen LogP contribution is -2.45. The molecular formula is C42H69BN6O15. The highest BCUT2D eigenvalue weighted by Crippen LogP contribution is 2.14. The SMILES string of the molecule is [B]C(=O)[C@H](CCC(N)=O)NC(=O)CC[C@H](NC(=O)CC[C@H](NC(=O)CCCNC(=O)CC[C@H](NC(=O)CCCCCCCCCCCCCCCCC(=O)O)C(=O)O)C(=O)O)C(=O)O. The molecule has 0 aliphatic carbocycles. The van der Waals surface area contributed by atoms with Crippen LogP contribution >= 0.6 is 0 Å². The topological polar surface area (TPSA) is 355 Å². The number of carboxylic acid groups (broad SMARTS) is 4. The maximum absolute atomic E-state index is 12.5. The summed E-state index contributed by atoms with van der Waals surface area (Å²) < 4.78 is 0. The van der Waals surface area contributed by atoms with Crippen molar-refractivity contribution < 1.29 is 73.2 Å². The molecule has 64 heavy (non-hydrogen) atoms. The fraction of sp³-hybridized carbons (Fsp3) is 0.738. The zero-order valence-corrected chi connectivity index (χ0v) is 36.8. The highest BCUT2D eigenvalue weighted by atomic mass is 16.4. The van der Waals surface area contributed by atoms with Crippen molar-refractivity contribution in [2.45, 2.75) is 191 Å². The predicted octanol–water partition coefficient (Wildman–Crippen LogP) is 1.70. The minimum Gasteiger partial charge on any atom is -0.481 e. The minimum atomic E-state index is -1.56. The van der Waals surface area contributed by atoms with Crippen LogP contribution in [0.4, 0.5) is 0 Å². The van der Waals surface area contributed by atoms with E-state index in [1.54, 1.807) is 0 Å². The zero-order chi connectivity index (χ0) is 48.3. The molecule has 6 amide bonds. The molecule has 22 heteroatoms. The Hall–Kier alpha value is -5.57. The number of nitrogens with two attached hydrogens (primary N) is 1. The first-order valence-electron chi connectivity index (χ1n) is 22.2. The minimum absolute atomic E-state index is 0.000471. The first kappa shape index (κ1) is 58.4. The molecule has 0 unspecified atom stereocenters. The molecule has 0 bridgehead atoms. The van der Waals surface area contributed by atoms with Gasteiger partial charge in [0.15, 0.2) is 7.85 Å². The Balaban J connectivity index is 4.35. The van der Waals surface area contributed by atoms with Gasteiger partial charge in [-0.05, 0) is 44.9 Å². The number of carbonyl (C=O) groups excluding carboxylic acids is 7. The van der Waals surface area contributed by atoms with Crippen molar-refractivity contribution in [3.8, 4) is 0 Å². The maximum atomic E-state index is 12.5. The molecule has 0 rings (SSSR count). The molecule has 11 N–H and O–H groups in total. The molecule has 0 fully saturated rings. The van der Waals surface area contributed by atoms with E-state index in [1.807, 2.05) is 0 Å². The summed E-state index contributed by atoms with van der Waals surface area (Å²) in [6.07, 6.45) is 12.2. The standard InChI is InChI=1S/C42H69BN6O15/c43-39(58)28(19-23-32(44)50)46-36(54)25-21-31(42(63)64)49-37(55)26-22-30(41(61)62)48-35(53)17-15-27-45-33(51)24-20-29(40(59)60)47-34(52)16-13-11-9-7-5-3-1-2-4-6-8-10-12-14-18-38(56)57/h28-31H,1-27H2,(H2,44,50)(H,45,51)(H,46,54)(H,47,52)(H,48,53)(H,49,55)(H,56,57)(H,59,60)(H,61,62)(H,63,64)/t28-,29-,30-,31-/m0/s1.